The number of aryl methyl sites for hydroxylation is 1. The molecule has 7 heteroatoms. The first kappa shape index (κ1) is 15.6. The number of thiophene rings is 1. The third-order valence-corrected chi connectivity index (χ3v) is 4.72. The van der Waals surface area contributed by atoms with Crippen molar-refractivity contribution in [3.63, 3.8) is 0 Å². The number of nitrogens with two attached hydrogens (primary N) is 1. The average molecular weight is 338 g/mol. The SMILES string of the molecule is Cc1sc2ccn(Cc3ccc(C(F)(F)F)cc3)c2c1C(N)=O. The number of nitrogens with zero attached hydrogens (tertiary/aromatic N) is 1. The quantitative estimate of drug-likeness (QED) is 0.765. The minimum atomic E-state index is -4.34. The molecule has 0 unspecified atom stereocenters. The van der Waals surface area contributed by atoms with Crippen molar-refractivity contribution in [2.45, 2.75) is 19.6 Å². The second kappa shape index (κ2) is 5.42. The van der Waals surface area contributed by atoms with Gasteiger partial charge in [-0.15, -0.1) is 11.3 Å². The Labute approximate surface area is 134 Å². The number of carbonyl (C=O) groups excluding carboxylic acids is 1. The van der Waals surface area contributed by atoms with E-state index in [2.05, 4.69) is 0 Å². The second-order valence-corrected chi connectivity index (χ2v) is 6.51. The molecule has 120 valence electrons. The highest BCUT2D eigenvalue weighted by Crippen LogP contribution is 2.32. The maximum Gasteiger partial charge on any atom is 0.416 e. The molecule has 0 radical (unpaired) electrons. The predicted molar refractivity (Wildman–Crippen MR) is 83.6 cm³/mol. The van der Waals surface area contributed by atoms with Gasteiger partial charge in [0.1, 0.15) is 0 Å². The topological polar surface area (TPSA) is 48.0 Å². The van der Waals surface area contributed by atoms with Gasteiger partial charge in [-0.3, -0.25) is 4.79 Å². The van der Waals surface area contributed by atoms with Gasteiger partial charge in [-0.1, -0.05) is 12.1 Å². The molecule has 0 saturated heterocycles. The summed E-state index contributed by atoms with van der Waals surface area (Å²) >= 11 is 1.47. The van der Waals surface area contributed by atoms with Crippen LogP contribution >= 0.6 is 11.3 Å². The molecule has 0 atom stereocenters. The number of benzene rings is 1. The van der Waals surface area contributed by atoms with Crippen molar-refractivity contribution in [2.24, 2.45) is 5.73 Å². The Hall–Kier alpha value is -2.28. The van der Waals surface area contributed by atoms with Crippen LogP contribution in [0.15, 0.2) is 36.5 Å². The van der Waals surface area contributed by atoms with Crippen molar-refractivity contribution in [1.82, 2.24) is 4.57 Å². The molecule has 0 aliphatic carbocycles. The number of hydrogen-bond acceptors (Lipinski definition) is 2. The number of amides is 1. The van der Waals surface area contributed by atoms with Crippen LogP contribution in [0.1, 0.15) is 26.4 Å². The minimum absolute atomic E-state index is 0.373. The number of rotatable bonds is 3. The van der Waals surface area contributed by atoms with E-state index in [9.17, 15) is 18.0 Å². The van der Waals surface area contributed by atoms with E-state index in [1.54, 1.807) is 0 Å². The van der Waals surface area contributed by atoms with Crippen molar-refractivity contribution >= 4 is 27.5 Å². The van der Waals surface area contributed by atoms with Gasteiger partial charge in [0.25, 0.3) is 5.91 Å². The smallest absolute Gasteiger partial charge is 0.365 e. The highest BCUT2D eigenvalue weighted by Gasteiger charge is 2.29. The van der Waals surface area contributed by atoms with Gasteiger partial charge in [-0.25, -0.2) is 0 Å². The maximum atomic E-state index is 12.6. The van der Waals surface area contributed by atoms with Gasteiger partial charge in [-0.05, 0) is 30.7 Å². The molecule has 2 heterocycles. The van der Waals surface area contributed by atoms with E-state index in [-0.39, 0.29) is 0 Å². The van der Waals surface area contributed by atoms with Crippen LogP contribution in [-0.4, -0.2) is 10.5 Å². The van der Waals surface area contributed by atoms with Crippen LogP contribution in [0.4, 0.5) is 13.2 Å². The lowest BCUT2D eigenvalue weighted by atomic mass is 10.1. The van der Waals surface area contributed by atoms with Crippen LogP contribution in [-0.2, 0) is 12.7 Å². The van der Waals surface area contributed by atoms with Crippen molar-refractivity contribution < 1.29 is 18.0 Å². The van der Waals surface area contributed by atoms with Gasteiger partial charge < -0.3 is 10.3 Å². The molecule has 0 aliphatic heterocycles. The molecule has 2 N–H and O–H groups in total. The summed E-state index contributed by atoms with van der Waals surface area (Å²) in [6.07, 6.45) is -2.53. The number of hydrogen-bond donors (Lipinski definition) is 1. The van der Waals surface area contributed by atoms with E-state index in [4.69, 9.17) is 5.73 Å². The zero-order valence-corrected chi connectivity index (χ0v) is 13.0. The first-order valence-corrected chi connectivity index (χ1v) is 7.63. The molecule has 0 bridgehead atoms. The van der Waals surface area contributed by atoms with Crippen LogP contribution in [0.3, 0.4) is 0 Å². The molecule has 3 nitrogen and oxygen atoms in total. The molecule has 23 heavy (non-hydrogen) atoms. The molecule has 0 fully saturated rings. The van der Waals surface area contributed by atoms with Gasteiger partial charge in [0, 0.05) is 17.6 Å². The fourth-order valence-electron chi connectivity index (χ4n) is 2.60. The summed E-state index contributed by atoms with van der Waals surface area (Å²) in [7, 11) is 0. The highest BCUT2D eigenvalue weighted by atomic mass is 32.1. The van der Waals surface area contributed by atoms with Gasteiger partial charge in [0.2, 0.25) is 0 Å². The largest absolute Gasteiger partial charge is 0.416 e. The molecular formula is C16H13F3N2OS. The predicted octanol–water partition coefficient (Wildman–Crippen LogP) is 4.18. The summed E-state index contributed by atoms with van der Waals surface area (Å²) in [5, 5.41) is 0. The Balaban J connectivity index is 1.97. The third-order valence-electron chi connectivity index (χ3n) is 3.66. The van der Waals surface area contributed by atoms with Gasteiger partial charge in [0.15, 0.2) is 0 Å². The Kier molecular flexibility index (Phi) is 3.68. The standard InChI is InChI=1S/C16H13F3N2OS/c1-9-13(15(20)22)14-12(23-9)6-7-21(14)8-10-2-4-11(5-3-10)16(17,18)19/h2-7H,8H2,1H3,(H2,20,22). The summed E-state index contributed by atoms with van der Waals surface area (Å²) in [6, 6.07) is 6.88. The molecule has 3 aromatic rings. The summed E-state index contributed by atoms with van der Waals surface area (Å²) in [5.74, 6) is -0.499. The highest BCUT2D eigenvalue weighted by molar-refractivity contribution is 7.19. The van der Waals surface area contributed by atoms with Crippen LogP contribution in [0.5, 0.6) is 0 Å². The lowest BCUT2D eigenvalue weighted by Crippen LogP contribution is -2.13. The zero-order chi connectivity index (χ0) is 16.8. The summed E-state index contributed by atoms with van der Waals surface area (Å²) in [6.45, 7) is 2.20. The van der Waals surface area contributed by atoms with Crippen molar-refractivity contribution in [3.05, 3.63) is 58.1 Å². The summed E-state index contributed by atoms with van der Waals surface area (Å²) in [4.78, 5) is 12.5. The number of fused-ring (bicyclic) bond motifs is 1. The number of carbonyl (C=O) groups is 1. The Morgan fingerprint density at radius 1 is 1.22 bits per heavy atom. The van der Waals surface area contributed by atoms with Gasteiger partial charge in [-0.2, -0.15) is 13.2 Å². The Morgan fingerprint density at radius 2 is 1.87 bits per heavy atom. The van der Waals surface area contributed by atoms with Crippen molar-refractivity contribution in [2.75, 3.05) is 0 Å². The number of aromatic nitrogens is 1. The van der Waals surface area contributed by atoms with Crippen molar-refractivity contribution in [1.29, 1.82) is 0 Å². The molecule has 0 spiro atoms. The number of primary amides is 1. The first-order valence-electron chi connectivity index (χ1n) is 6.81. The molecule has 1 amide bonds. The van der Waals surface area contributed by atoms with E-state index < -0.39 is 17.6 Å². The molecule has 2 aromatic heterocycles. The zero-order valence-electron chi connectivity index (χ0n) is 12.1. The van der Waals surface area contributed by atoms with Gasteiger partial charge in [0.05, 0.1) is 21.3 Å². The normalized spacial score (nSPS) is 12.0. The molecule has 3 rings (SSSR count). The maximum absolute atomic E-state index is 12.6. The monoisotopic (exact) mass is 338 g/mol. The van der Waals surface area contributed by atoms with Crippen LogP contribution in [0.2, 0.25) is 0 Å². The second-order valence-electron chi connectivity index (χ2n) is 5.25. The lowest BCUT2D eigenvalue weighted by Gasteiger charge is -2.09. The molecule has 0 aliphatic rings. The minimum Gasteiger partial charge on any atom is -0.365 e. The summed E-state index contributed by atoms with van der Waals surface area (Å²) < 4.78 is 40.6. The van der Waals surface area contributed by atoms with Crippen molar-refractivity contribution in [3.8, 4) is 0 Å². The van der Waals surface area contributed by atoms with Crippen LogP contribution in [0, 0.1) is 6.92 Å². The van der Waals surface area contributed by atoms with E-state index in [0.717, 1.165) is 32.8 Å². The van der Waals surface area contributed by atoms with E-state index in [1.807, 2.05) is 23.8 Å². The van der Waals surface area contributed by atoms with Gasteiger partial charge >= 0.3 is 6.18 Å². The fourth-order valence-corrected chi connectivity index (χ4v) is 3.68. The van der Waals surface area contributed by atoms with Crippen LogP contribution in [0.25, 0.3) is 10.2 Å². The Morgan fingerprint density at radius 3 is 2.43 bits per heavy atom. The average Bonchev–Trinajstić information content (AvgIpc) is 2.97. The first-order chi connectivity index (χ1) is 10.8. The van der Waals surface area contributed by atoms with E-state index in [0.29, 0.717) is 12.1 Å². The summed E-state index contributed by atoms with van der Waals surface area (Å²) in [5.41, 5.74) is 6.69. The number of alkyl halides is 3. The van der Waals surface area contributed by atoms with E-state index in [1.165, 1.54) is 23.5 Å². The molecule has 1 aromatic carbocycles. The van der Waals surface area contributed by atoms with Crippen LogP contribution < -0.4 is 5.73 Å². The number of halogens is 3. The Bertz CT molecular complexity index is 875. The lowest BCUT2D eigenvalue weighted by molar-refractivity contribution is -0.137. The molecular weight excluding hydrogens is 325 g/mol. The molecule has 0 saturated carbocycles. The fraction of sp³-hybridized carbons (Fsp3) is 0.188. The third kappa shape index (κ3) is 2.84. The van der Waals surface area contributed by atoms with E-state index >= 15 is 0 Å².